The SMILES string of the molecule is CCC(O)O.CCCCCCCCOP(=O)(OCCCCCCCC)OCCCCCCCC.O=C(O)CCCCC(=O)O. The van der Waals surface area contributed by atoms with Crippen molar-refractivity contribution in [3.63, 3.8) is 0 Å². The maximum Gasteiger partial charge on any atom is 0.474 e. The molecule has 0 unspecified atom stereocenters. The molecule has 0 atom stereocenters. The van der Waals surface area contributed by atoms with Crippen molar-refractivity contribution in [2.24, 2.45) is 0 Å². The fourth-order valence-electron chi connectivity index (χ4n) is 3.84. The second-order valence-electron chi connectivity index (χ2n) is 11.1. The third-order valence-corrected chi connectivity index (χ3v) is 8.13. The molecule has 0 aromatic carbocycles. The van der Waals surface area contributed by atoms with Gasteiger partial charge < -0.3 is 20.4 Å². The van der Waals surface area contributed by atoms with Crippen LogP contribution >= 0.6 is 7.82 Å². The molecule has 266 valence electrons. The van der Waals surface area contributed by atoms with Crippen LogP contribution in [0.2, 0.25) is 0 Å². The minimum atomic E-state index is -3.40. The minimum absolute atomic E-state index is 0.0628. The number of carbonyl (C=O) groups is 2. The Morgan fingerprint density at radius 3 is 0.977 bits per heavy atom. The van der Waals surface area contributed by atoms with Gasteiger partial charge in [-0.3, -0.25) is 23.2 Å². The van der Waals surface area contributed by atoms with Crippen molar-refractivity contribution in [1.82, 2.24) is 0 Å². The Hall–Kier alpha value is -1.03. The quantitative estimate of drug-likeness (QED) is 0.0333. The normalized spacial score (nSPS) is 11.1. The first-order valence-corrected chi connectivity index (χ1v) is 18.9. The molecular weight excluding hydrogens is 587 g/mol. The number of hydrogen-bond acceptors (Lipinski definition) is 8. The van der Waals surface area contributed by atoms with E-state index in [4.69, 9.17) is 34.0 Å². The number of aliphatic hydroxyl groups excluding tert-OH is 1. The van der Waals surface area contributed by atoms with Crippen LogP contribution in [0.15, 0.2) is 0 Å². The molecule has 0 aliphatic carbocycles. The molecule has 0 saturated carbocycles. The van der Waals surface area contributed by atoms with E-state index in [1.807, 2.05) is 0 Å². The van der Waals surface area contributed by atoms with Gasteiger partial charge in [0, 0.05) is 12.8 Å². The summed E-state index contributed by atoms with van der Waals surface area (Å²) >= 11 is 0. The maximum atomic E-state index is 13.0. The lowest BCUT2D eigenvalue weighted by Crippen LogP contribution is -2.04. The molecule has 11 heteroatoms. The Labute approximate surface area is 269 Å². The van der Waals surface area contributed by atoms with Crippen molar-refractivity contribution >= 4 is 19.8 Å². The van der Waals surface area contributed by atoms with E-state index in [9.17, 15) is 14.2 Å². The molecule has 44 heavy (non-hydrogen) atoms. The number of carboxylic acids is 2. The number of hydrogen-bond donors (Lipinski definition) is 4. The highest BCUT2D eigenvalue weighted by Crippen LogP contribution is 2.50. The molecule has 0 spiro atoms. The topological polar surface area (TPSA) is 160 Å². The fraction of sp³-hybridized carbons (Fsp3) is 0.939. The number of phosphoric acid groups is 1. The standard InChI is InChI=1S/C24H51O4P.C6H10O4.C3H8O2/c1-4-7-10-13-16-19-22-26-29(25,27-23-20-17-14-11-8-5-2)28-24-21-18-15-12-9-6-3;7-5(8)3-1-2-4-6(9)10;1-2-3(4)5/h4-24H2,1-3H3;1-4H2,(H,7,8)(H,9,10);3-5H,2H2,1H3. The van der Waals surface area contributed by atoms with Crippen molar-refractivity contribution in [2.75, 3.05) is 19.8 Å². The maximum absolute atomic E-state index is 13.0. The van der Waals surface area contributed by atoms with Crippen LogP contribution in [-0.4, -0.2) is 58.5 Å². The molecule has 0 aromatic heterocycles. The van der Waals surface area contributed by atoms with Crippen LogP contribution in [0, 0.1) is 0 Å². The van der Waals surface area contributed by atoms with Crippen LogP contribution in [0.1, 0.15) is 175 Å². The summed E-state index contributed by atoms with van der Waals surface area (Å²) in [5, 5.41) is 32.1. The summed E-state index contributed by atoms with van der Waals surface area (Å²) in [7, 11) is -3.40. The predicted molar refractivity (Wildman–Crippen MR) is 178 cm³/mol. The molecule has 0 rings (SSSR count). The number of carboxylic acid groups (broad SMARTS) is 2. The van der Waals surface area contributed by atoms with E-state index in [1.54, 1.807) is 6.92 Å². The Bertz CT molecular complexity index is 578. The lowest BCUT2D eigenvalue weighted by molar-refractivity contribution is -0.139. The summed E-state index contributed by atoms with van der Waals surface area (Å²) < 4.78 is 29.9. The molecule has 0 aromatic rings. The number of phosphoric ester groups is 1. The second kappa shape index (κ2) is 38.2. The Morgan fingerprint density at radius 1 is 0.500 bits per heavy atom. The molecule has 0 heterocycles. The molecule has 0 aliphatic heterocycles. The molecule has 10 nitrogen and oxygen atoms in total. The first-order valence-electron chi connectivity index (χ1n) is 17.4. The largest absolute Gasteiger partial charge is 0.481 e. The zero-order chi connectivity index (χ0) is 33.7. The van der Waals surface area contributed by atoms with Crippen LogP contribution in [0.5, 0.6) is 0 Å². The van der Waals surface area contributed by atoms with E-state index < -0.39 is 26.1 Å². The van der Waals surface area contributed by atoms with E-state index in [2.05, 4.69) is 20.8 Å². The summed E-state index contributed by atoms with van der Waals surface area (Å²) in [6.07, 6.45) is 21.6. The van der Waals surface area contributed by atoms with Gasteiger partial charge in [0.25, 0.3) is 0 Å². The number of unbranched alkanes of at least 4 members (excludes halogenated alkanes) is 16. The zero-order valence-corrected chi connectivity index (χ0v) is 29.5. The molecule has 0 fully saturated rings. The monoisotopic (exact) mass is 656 g/mol. The highest BCUT2D eigenvalue weighted by molar-refractivity contribution is 7.48. The molecule has 0 radical (unpaired) electrons. The third kappa shape index (κ3) is 45.4. The summed E-state index contributed by atoms with van der Waals surface area (Å²) in [6.45, 7) is 9.78. The van der Waals surface area contributed by atoms with Gasteiger partial charge in [-0.25, -0.2) is 4.57 Å². The molecule has 0 aliphatic rings. The van der Waals surface area contributed by atoms with Gasteiger partial charge in [0.2, 0.25) is 0 Å². The van der Waals surface area contributed by atoms with Crippen LogP contribution < -0.4 is 0 Å². The fourth-order valence-corrected chi connectivity index (χ4v) is 5.12. The summed E-state index contributed by atoms with van der Waals surface area (Å²) in [6, 6.07) is 0. The average molecular weight is 657 g/mol. The van der Waals surface area contributed by atoms with Crippen molar-refractivity contribution in [2.45, 2.75) is 182 Å². The average Bonchev–Trinajstić information content (AvgIpc) is 2.98. The van der Waals surface area contributed by atoms with Gasteiger partial charge >= 0.3 is 19.8 Å². The van der Waals surface area contributed by atoms with Crippen molar-refractivity contribution in [3.05, 3.63) is 0 Å². The van der Waals surface area contributed by atoms with Crippen LogP contribution in [0.25, 0.3) is 0 Å². The van der Waals surface area contributed by atoms with Gasteiger partial charge in [-0.2, -0.15) is 0 Å². The van der Waals surface area contributed by atoms with E-state index >= 15 is 0 Å². The first kappa shape index (κ1) is 47.4. The lowest BCUT2D eigenvalue weighted by Gasteiger charge is -2.18. The van der Waals surface area contributed by atoms with Crippen LogP contribution in [-0.2, 0) is 27.7 Å². The Kier molecular flexibility index (Phi) is 41.1. The highest BCUT2D eigenvalue weighted by Gasteiger charge is 2.26. The number of aliphatic carboxylic acids is 2. The van der Waals surface area contributed by atoms with Gasteiger partial charge in [0.1, 0.15) is 0 Å². The van der Waals surface area contributed by atoms with E-state index in [1.165, 1.54) is 77.0 Å². The third-order valence-electron chi connectivity index (χ3n) is 6.64. The van der Waals surface area contributed by atoms with Gasteiger partial charge in [0.15, 0.2) is 6.29 Å². The van der Waals surface area contributed by atoms with Gasteiger partial charge in [0.05, 0.1) is 19.8 Å². The summed E-state index contributed by atoms with van der Waals surface area (Å²) in [5.41, 5.74) is 0. The van der Waals surface area contributed by atoms with Gasteiger partial charge in [-0.15, -0.1) is 0 Å². The second-order valence-corrected chi connectivity index (χ2v) is 12.8. The molecule has 0 saturated heterocycles. The van der Waals surface area contributed by atoms with Gasteiger partial charge in [-0.05, 0) is 38.5 Å². The number of aliphatic hydroxyl groups is 2. The lowest BCUT2D eigenvalue weighted by atomic mass is 10.1. The van der Waals surface area contributed by atoms with Crippen molar-refractivity contribution in [1.29, 1.82) is 0 Å². The van der Waals surface area contributed by atoms with Crippen LogP contribution in [0.4, 0.5) is 0 Å². The summed E-state index contributed by atoms with van der Waals surface area (Å²) in [5.74, 6) is -1.74. The van der Waals surface area contributed by atoms with E-state index in [0.717, 1.165) is 38.5 Å². The molecule has 4 N–H and O–H groups in total. The van der Waals surface area contributed by atoms with E-state index in [-0.39, 0.29) is 12.8 Å². The Balaban J connectivity index is -0.000000916. The van der Waals surface area contributed by atoms with E-state index in [0.29, 0.717) is 39.1 Å². The van der Waals surface area contributed by atoms with Crippen LogP contribution in [0.3, 0.4) is 0 Å². The Morgan fingerprint density at radius 2 is 0.750 bits per heavy atom. The zero-order valence-electron chi connectivity index (χ0n) is 28.6. The van der Waals surface area contributed by atoms with Gasteiger partial charge in [-0.1, -0.05) is 124 Å². The number of rotatable bonds is 30. The smallest absolute Gasteiger partial charge is 0.474 e. The summed E-state index contributed by atoms with van der Waals surface area (Å²) in [4.78, 5) is 19.8. The minimum Gasteiger partial charge on any atom is -0.481 e. The molecule has 0 bridgehead atoms. The molecular formula is C33H69O10P. The molecule has 0 amide bonds. The predicted octanol–water partition coefficient (Wildman–Crippen LogP) is 9.65. The first-order chi connectivity index (χ1) is 21.1. The van der Waals surface area contributed by atoms with Crippen molar-refractivity contribution in [3.8, 4) is 0 Å². The highest BCUT2D eigenvalue weighted by atomic mass is 31.2. The van der Waals surface area contributed by atoms with Crippen molar-refractivity contribution < 1.29 is 48.2 Å².